The number of aliphatic hydroxyl groups excluding tert-OH is 2. The number of rotatable bonds is 8. The molecule has 0 aliphatic rings. The van der Waals surface area contributed by atoms with Crippen molar-refractivity contribution in [3.05, 3.63) is 65.5 Å². The first kappa shape index (κ1) is 18.9. The molecule has 5 nitrogen and oxygen atoms in total. The summed E-state index contributed by atoms with van der Waals surface area (Å²) in [5.41, 5.74) is 1.10. The number of esters is 1. The Morgan fingerprint density at radius 3 is 2.52 bits per heavy atom. The number of halogens is 1. The summed E-state index contributed by atoms with van der Waals surface area (Å²) in [6, 6.07) is 13.2. The third-order valence-electron chi connectivity index (χ3n) is 3.87. The van der Waals surface area contributed by atoms with Crippen molar-refractivity contribution in [2.45, 2.75) is 19.1 Å². The van der Waals surface area contributed by atoms with Gasteiger partial charge >= 0.3 is 5.97 Å². The van der Waals surface area contributed by atoms with E-state index in [0.29, 0.717) is 0 Å². The molecule has 25 heavy (non-hydrogen) atoms. The van der Waals surface area contributed by atoms with Crippen molar-refractivity contribution in [2.24, 2.45) is 5.92 Å². The molecule has 0 saturated heterocycles. The van der Waals surface area contributed by atoms with Gasteiger partial charge in [0.05, 0.1) is 19.6 Å². The van der Waals surface area contributed by atoms with Crippen molar-refractivity contribution in [1.29, 1.82) is 0 Å². The van der Waals surface area contributed by atoms with Crippen molar-refractivity contribution < 1.29 is 28.9 Å². The highest BCUT2D eigenvalue weighted by atomic mass is 19.1. The zero-order valence-electron chi connectivity index (χ0n) is 13.9. The average Bonchev–Trinajstić information content (AvgIpc) is 2.64. The highest BCUT2D eigenvalue weighted by Gasteiger charge is 2.25. The van der Waals surface area contributed by atoms with Gasteiger partial charge in [-0.2, -0.15) is 0 Å². The zero-order chi connectivity index (χ0) is 18.2. The van der Waals surface area contributed by atoms with Crippen LogP contribution in [0.4, 0.5) is 4.39 Å². The minimum atomic E-state index is -1.20. The van der Waals surface area contributed by atoms with Gasteiger partial charge in [-0.05, 0) is 23.3 Å². The molecule has 0 fully saturated rings. The molecule has 0 unspecified atom stereocenters. The van der Waals surface area contributed by atoms with Gasteiger partial charge in [-0.15, -0.1) is 0 Å². The van der Waals surface area contributed by atoms with Crippen LogP contribution in [0.1, 0.15) is 23.7 Å². The van der Waals surface area contributed by atoms with Crippen LogP contribution in [0.3, 0.4) is 0 Å². The first-order chi connectivity index (χ1) is 12.0. The SMILES string of the molecule is COc1ccc([C@@H](O)[C@@H](CO)CC(=O)OCc2ccccc2)cc1F. The largest absolute Gasteiger partial charge is 0.494 e. The summed E-state index contributed by atoms with van der Waals surface area (Å²) in [6.07, 6.45) is -1.38. The number of hydrogen-bond donors (Lipinski definition) is 2. The minimum absolute atomic E-state index is 0.0544. The smallest absolute Gasteiger partial charge is 0.306 e. The molecule has 2 atom stereocenters. The van der Waals surface area contributed by atoms with E-state index in [1.165, 1.54) is 19.2 Å². The summed E-state index contributed by atoms with van der Waals surface area (Å²) >= 11 is 0. The van der Waals surface area contributed by atoms with Gasteiger partial charge in [0.2, 0.25) is 0 Å². The fraction of sp³-hybridized carbons (Fsp3) is 0.316. The second kappa shape index (κ2) is 9.15. The second-order valence-electron chi connectivity index (χ2n) is 5.63. The van der Waals surface area contributed by atoms with Crippen LogP contribution in [-0.2, 0) is 16.1 Å². The van der Waals surface area contributed by atoms with Crippen LogP contribution in [0.25, 0.3) is 0 Å². The van der Waals surface area contributed by atoms with Crippen LogP contribution in [-0.4, -0.2) is 29.9 Å². The molecule has 0 radical (unpaired) electrons. The lowest BCUT2D eigenvalue weighted by Crippen LogP contribution is -2.21. The van der Waals surface area contributed by atoms with E-state index in [0.717, 1.165) is 11.6 Å². The lowest BCUT2D eigenvalue weighted by atomic mass is 9.93. The maximum atomic E-state index is 13.8. The molecule has 2 rings (SSSR count). The van der Waals surface area contributed by atoms with Gasteiger partial charge in [-0.25, -0.2) is 4.39 Å². The Kier molecular flexibility index (Phi) is 6.91. The summed E-state index contributed by atoms with van der Waals surface area (Å²) in [7, 11) is 1.34. The Bertz CT molecular complexity index is 689. The summed E-state index contributed by atoms with van der Waals surface area (Å²) in [5.74, 6) is -1.91. The van der Waals surface area contributed by atoms with Crippen LogP contribution in [0, 0.1) is 11.7 Å². The van der Waals surface area contributed by atoms with Gasteiger partial charge in [-0.3, -0.25) is 4.79 Å². The fourth-order valence-corrected chi connectivity index (χ4v) is 2.43. The molecule has 0 amide bonds. The van der Waals surface area contributed by atoms with Gasteiger partial charge in [0.15, 0.2) is 11.6 Å². The number of benzene rings is 2. The van der Waals surface area contributed by atoms with E-state index < -0.39 is 30.4 Å². The van der Waals surface area contributed by atoms with Crippen molar-refractivity contribution in [3.63, 3.8) is 0 Å². The first-order valence-corrected chi connectivity index (χ1v) is 7.87. The monoisotopic (exact) mass is 348 g/mol. The van der Waals surface area contributed by atoms with E-state index in [1.807, 2.05) is 30.3 Å². The Morgan fingerprint density at radius 2 is 1.92 bits per heavy atom. The maximum absolute atomic E-state index is 13.8. The highest BCUT2D eigenvalue weighted by molar-refractivity contribution is 5.69. The van der Waals surface area contributed by atoms with E-state index in [-0.39, 0.29) is 24.3 Å². The van der Waals surface area contributed by atoms with Crippen LogP contribution in [0.5, 0.6) is 5.75 Å². The first-order valence-electron chi connectivity index (χ1n) is 7.87. The van der Waals surface area contributed by atoms with Crippen LogP contribution < -0.4 is 4.74 Å². The summed E-state index contributed by atoms with van der Waals surface area (Å²) in [6.45, 7) is -0.319. The zero-order valence-corrected chi connectivity index (χ0v) is 13.9. The summed E-state index contributed by atoms with van der Waals surface area (Å²) in [4.78, 5) is 12.0. The number of methoxy groups -OCH3 is 1. The van der Waals surface area contributed by atoms with Gasteiger partial charge in [0.1, 0.15) is 6.61 Å². The molecule has 2 aromatic rings. The molecule has 0 saturated carbocycles. The molecule has 2 aromatic carbocycles. The molecule has 0 bridgehead atoms. The van der Waals surface area contributed by atoms with Crippen LogP contribution >= 0.6 is 0 Å². The standard InChI is InChI=1S/C19H21FO5/c1-24-17-8-7-14(9-16(17)20)19(23)15(11-21)10-18(22)25-12-13-5-3-2-4-6-13/h2-9,15,19,21,23H,10-12H2,1H3/t15-,19-/m1/s1. The normalized spacial score (nSPS) is 13.1. The van der Waals surface area contributed by atoms with E-state index in [4.69, 9.17) is 9.47 Å². The Hall–Kier alpha value is -2.44. The van der Waals surface area contributed by atoms with Gasteiger partial charge in [-0.1, -0.05) is 36.4 Å². The predicted molar refractivity (Wildman–Crippen MR) is 89.3 cm³/mol. The molecule has 0 spiro atoms. The average molecular weight is 348 g/mol. The Labute approximate surface area is 145 Å². The van der Waals surface area contributed by atoms with E-state index >= 15 is 0 Å². The minimum Gasteiger partial charge on any atom is -0.494 e. The van der Waals surface area contributed by atoms with E-state index in [1.54, 1.807) is 0 Å². The molecule has 6 heteroatoms. The second-order valence-corrected chi connectivity index (χ2v) is 5.63. The number of ether oxygens (including phenoxy) is 2. The van der Waals surface area contributed by atoms with Crippen molar-refractivity contribution >= 4 is 5.97 Å². The van der Waals surface area contributed by atoms with Gasteiger partial charge < -0.3 is 19.7 Å². The molecule has 2 N–H and O–H groups in total. The number of hydrogen-bond acceptors (Lipinski definition) is 5. The molecule has 134 valence electrons. The Morgan fingerprint density at radius 1 is 1.20 bits per heavy atom. The maximum Gasteiger partial charge on any atom is 0.306 e. The van der Waals surface area contributed by atoms with Crippen molar-refractivity contribution in [2.75, 3.05) is 13.7 Å². The Balaban J connectivity index is 1.96. The molecule has 0 aliphatic heterocycles. The predicted octanol–water partition coefficient (Wildman–Crippen LogP) is 2.61. The number of carbonyl (C=O) groups excluding carboxylic acids is 1. The van der Waals surface area contributed by atoms with E-state index in [2.05, 4.69) is 0 Å². The number of carbonyl (C=O) groups is 1. The fourth-order valence-electron chi connectivity index (χ4n) is 2.43. The summed E-state index contributed by atoms with van der Waals surface area (Å²) in [5, 5.41) is 19.8. The van der Waals surface area contributed by atoms with Gasteiger partial charge in [0.25, 0.3) is 0 Å². The highest BCUT2D eigenvalue weighted by Crippen LogP contribution is 2.28. The molecule has 0 aromatic heterocycles. The van der Waals surface area contributed by atoms with Gasteiger partial charge in [0, 0.05) is 12.5 Å². The molecular weight excluding hydrogens is 327 g/mol. The lowest BCUT2D eigenvalue weighted by molar-refractivity contribution is -0.147. The summed E-state index contributed by atoms with van der Waals surface area (Å²) < 4.78 is 23.7. The third-order valence-corrected chi connectivity index (χ3v) is 3.87. The third kappa shape index (κ3) is 5.27. The van der Waals surface area contributed by atoms with Crippen LogP contribution in [0.15, 0.2) is 48.5 Å². The number of aliphatic hydroxyl groups is 2. The topological polar surface area (TPSA) is 76.0 Å². The van der Waals surface area contributed by atoms with Crippen molar-refractivity contribution in [3.8, 4) is 5.75 Å². The molecule has 0 heterocycles. The molecular formula is C19H21FO5. The lowest BCUT2D eigenvalue weighted by Gasteiger charge is -2.21. The quantitative estimate of drug-likeness (QED) is 0.717. The molecule has 0 aliphatic carbocycles. The van der Waals surface area contributed by atoms with Crippen LogP contribution in [0.2, 0.25) is 0 Å². The van der Waals surface area contributed by atoms with Crippen molar-refractivity contribution in [1.82, 2.24) is 0 Å². The van der Waals surface area contributed by atoms with E-state index in [9.17, 15) is 19.4 Å².